The monoisotopic (exact) mass is 326 g/mol. The maximum atomic E-state index is 12.2. The number of rotatable bonds is 13. The number of carbonyl (C=O) groups excluding carboxylic acids is 1. The van der Waals surface area contributed by atoms with Gasteiger partial charge < -0.3 is 9.47 Å². The number of methoxy groups -OCH3 is 1. The number of hydrogen-bond acceptors (Lipinski definition) is 3. The number of ether oxygens (including phenoxy) is 2. The molecule has 0 radical (unpaired) electrons. The predicted molar refractivity (Wildman–Crippen MR) is 97.5 cm³/mol. The van der Waals surface area contributed by atoms with Crippen molar-refractivity contribution in [3.8, 4) is 0 Å². The van der Waals surface area contributed by atoms with Crippen LogP contribution in [-0.4, -0.2) is 25.3 Å². The second-order valence-electron chi connectivity index (χ2n) is 7.69. The molecule has 1 atom stereocenters. The molecular formula is C20H38O3. The predicted octanol–water partition coefficient (Wildman–Crippen LogP) is 5.53. The molecule has 0 aliphatic carbocycles. The van der Waals surface area contributed by atoms with E-state index < -0.39 is 5.41 Å². The van der Waals surface area contributed by atoms with Crippen LogP contribution < -0.4 is 0 Å². The van der Waals surface area contributed by atoms with Gasteiger partial charge in [0.25, 0.3) is 0 Å². The van der Waals surface area contributed by atoms with Crippen LogP contribution in [-0.2, 0) is 14.3 Å². The fraction of sp³-hybridized carbons (Fsp3) is 0.850. The average Bonchev–Trinajstić information content (AvgIpc) is 2.48. The van der Waals surface area contributed by atoms with E-state index in [9.17, 15) is 4.79 Å². The van der Waals surface area contributed by atoms with Crippen molar-refractivity contribution in [2.75, 3.05) is 13.7 Å². The summed E-state index contributed by atoms with van der Waals surface area (Å²) < 4.78 is 11.1. The first-order chi connectivity index (χ1) is 10.7. The molecule has 0 bridgehead atoms. The lowest BCUT2D eigenvalue weighted by molar-refractivity contribution is -0.160. The largest absolute Gasteiger partial charge is 0.469 e. The molecule has 0 aromatic rings. The van der Waals surface area contributed by atoms with Gasteiger partial charge in [-0.25, -0.2) is 0 Å². The van der Waals surface area contributed by atoms with Crippen LogP contribution in [0.2, 0.25) is 0 Å². The second-order valence-corrected chi connectivity index (χ2v) is 7.69. The summed E-state index contributed by atoms with van der Waals surface area (Å²) >= 11 is 0. The third-order valence-corrected chi connectivity index (χ3v) is 4.76. The van der Waals surface area contributed by atoms with E-state index in [-0.39, 0.29) is 17.5 Å². The molecule has 1 unspecified atom stereocenters. The van der Waals surface area contributed by atoms with Crippen molar-refractivity contribution in [2.45, 2.75) is 85.2 Å². The lowest BCUT2D eigenvalue weighted by Gasteiger charge is -2.38. The van der Waals surface area contributed by atoms with E-state index in [1.807, 2.05) is 13.0 Å². The number of carbonyl (C=O) groups is 1. The molecule has 0 aliphatic heterocycles. The molecule has 0 aliphatic rings. The van der Waals surface area contributed by atoms with Crippen LogP contribution in [0.5, 0.6) is 0 Å². The van der Waals surface area contributed by atoms with Gasteiger partial charge in [0.1, 0.15) is 0 Å². The summed E-state index contributed by atoms with van der Waals surface area (Å²) in [6.45, 7) is 14.7. The maximum absolute atomic E-state index is 12.2. The Labute approximate surface area is 143 Å². The Balaban J connectivity index is 4.21. The molecule has 0 aromatic heterocycles. The van der Waals surface area contributed by atoms with Gasteiger partial charge in [-0.2, -0.15) is 0 Å². The number of hydrogen-bond donors (Lipinski definition) is 0. The van der Waals surface area contributed by atoms with Gasteiger partial charge in [-0.3, -0.25) is 4.79 Å². The van der Waals surface area contributed by atoms with Gasteiger partial charge in [-0.05, 0) is 52.4 Å². The Kier molecular flexibility index (Phi) is 10.5. The normalized spacial score (nSPS) is 14.6. The Morgan fingerprint density at radius 2 is 1.65 bits per heavy atom. The summed E-state index contributed by atoms with van der Waals surface area (Å²) in [5.41, 5.74) is -0.834. The minimum atomic E-state index is -0.511. The Hall–Kier alpha value is -0.830. The minimum absolute atomic E-state index is 0.147. The van der Waals surface area contributed by atoms with Gasteiger partial charge in [0, 0.05) is 6.61 Å². The van der Waals surface area contributed by atoms with Gasteiger partial charge >= 0.3 is 5.97 Å². The topological polar surface area (TPSA) is 35.5 Å². The lowest BCUT2D eigenvalue weighted by Crippen LogP contribution is -2.42. The standard InChI is InChI=1S/C20H38O3/c1-8-9-10-11-12-13-14-15-23-19(4,5)16-20(6,17(2)3)18(21)22-7/h8,17H,1,9-16H2,2-7H3. The molecule has 23 heavy (non-hydrogen) atoms. The molecule has 0 saturated carbocycles. The highest BCUT2D eigenvalue weighted by Gasteiger charge is 2.42. The molecular weight excluding hydrogens is 288 g/mol. The zero-order valence-electron chi connectivity index (χ0n) is 16.2. The lowest BCUT2D eigenvalue weighted by atomic mass is 9.72. The fourth-order valence-electron chi connectivity index (χ4n) is 2.95. The zero-order valence-corrected chi connectivity index (χ0v) is 16.2. The molecule has 0 aromatic carbocycles. The number of unbranched alkanes of at least 4 members (excludes halogenated alkanes) is 5. The van der Waals surface area contributed by atoms with Gasteiger partial charge in [0.05, 0.1) is 18.1 Å². The average molecular weight is 327 g/mol. The van der Waals surface area contributed by atoms with Gasteiger partial charge in [0.2, 0.25) is 0 Å². The van der Waals surface area contributed by atoms with Crippen molar-refractivity contribution in [2.24, 2.45) is 11.3 Å². The van der Waals surface area contributed by atoms with Crippen LogP contribution in [0, 0.1) is 11.3 Å². The molecule has 0 fully saturated rings. The van der Waals surface area contributed by atoms with E-state index in [2.05, 4.69) is 34.3 Å². The third kappa shape index (κ3) is 8.55. The Morgan fingerprint density at radius 1 is 1.09 bits per heavy atom. The van der Waals surface area contributed by atoms with Crippen LogP contribution in [0.15, 0.2) is 12.7 Å². The molecule has 136 valence electrons. The second kappa shape index (κ2) is 10.9. The molecule has 0 spiro atoms. The van der Waals surface area contributed by atoms with E-state index in [1.165, 1.54) is 32.8 Å². The van der Waals surface area contributed by atoms with Gasteiger partial charge in [-0.15, -0.1) is 6.58 Å². The van der Waals surface area contributed by atoms with Crippen molar-refractivity contribution in [3.63, 3.8) is 0 Å². The summed E-state index contributed by atoms with van der Waals surface area (Å²) in [4.78, 5) is 12.2. The highest BCUT2D eigenvalue weighted by Crippen LogP contribution is 2.38. The van der Waals surface area contributed by atoms with Crippen LogP contribution in [0.1, 0.15) is 79.6 Å². The van der Waals surface area contributed by atoms with Crippen molar-refractivity contribution in [3.05, 3.63) is 12.7 Å². The molecule has 0 N–H and O–H groups in total. The molecule has 0 rings (SSSR count). The first-order valence-corrected chi connectivity index (χ1v) is 9.03. The maximum Gasteiger partial charge on any atom is 0.311 e. The summed E-state index contributed by atoms with van der Waals surface area (Å²) in [5, 5.41) is 0. The van der Waals surface area contributed by atoms with Gasteiger partial charge in [-0.1, -0.05) is 39.2 Å². The first-order valence-electron chi connectivity index (χ1n) is 9.03. The molecule has 3 heteroatoms. The summed E-state index contributed by atoms with van der Waals surface area (Å²) in [7, 11) is 1.46. The van der Waals surface area contributed by atoms with Crippen LogP contribution in [0.4, 0.5) is 0 Å². The van der Waals surface area contributed by atoms with Crippen molar-refractivity contribution >= 4 is 5.97 Å². The first kappa shape index (κ1) is 22.2. The van der Waals surface area contributed by atoms with E-state index in [1.54, 1.807) is 0 Å². The highest BCUT2D eigenvalue weighted by atomic mass is 16.5. The SMILES string of the molecule is C=CCCCCCCCOC(C)(C)CC(C)(C(=O)OC)C(C)C. The minimum Gasteiger partial charge on any atom is -0.469 e. The molecule has 3 nitrogen and oxygen atoms in total. The third-order valence-electron chi connectivity index (χ3n) is 4.76. The number of allylic oxidation sites excluding steroid dienone is 1. The van der Waals surface area contributed by atoms with Crippen molar-refractivity contribution < 1.29 is 14.3 Å². The smallest absolute Gasteiger partial charge is 0.311 e. The van der Waals surface area contributed by atoms with Crippen molar-refractivity contribution in [1.29, 1.82) is 0 Å². The Morgan fingerprint density at radius 3 is 2.17 bits per heavy atom. The van der Waals surface area contributed by atoms with Gasteiger partial charge in [0.15, 0.2) is 0 Å². The number of esters is 1. The van der Waals surface area contributed by atoms with E-state index in [4.69, 9.17) is 9.47 Å². The summed E-state index contributed by atoms with van der Waals surface area (Å²) in [6.07, 6.45) is 9.81. The highest BCUT2D eigenvalue weighted by molar-refractivity contribution is 5.76. The van der Waals surface area contributed by atoms with Crippen molar-refractivity contribution in [1.82, 2.24) is 0 Å². The quantitative estimate of drug-likeness (QED) is 0.253. The van der Waals surface area contributed by atoms with E-state index >= 15 is 0 Å². The van der Waals surface area contributed by atoms with Crippen LogP contribution in [0.3, 0.4) is 0 Å². The van der Waals surface area contributed by atoms with E-state index in [0.29, 0.717) is 6.42 Å². The summed E-state index contributed by atoms with van der Waals surface area (Å²) in [6, 6.07) is 0. The van der Waals surface area contributed by atoms with Crippen LogP contribution >= 0.6 is 0 Å². The molecule has 0 saturated heterocycles. The van der Waals surface area contributed by atoms with E-state index in [0.717, 1.165) is 19.4 Å². The molecule has 0 amide bonds. The zero-order chi connectivity index (χ0) is 17.9. The Bertz CT molecular complexity index is 347. The molecule has 0 heterocycles. The van der Waals surface area contributed by atoms with Crippen LogP contribution in [0.25, 0.3) is 0 Å². The summed E-state index contributed by atoms with van der Waals surface area (Å²) in [5.74, 6) is 0.0640. The fourth-order valence-corrected chi connectivity index (χ4v) is 2.95.